The molecular formula is C14H11ClF2O. The maximum Gasteiger partial charge on any atom is 0.141 e. The van der Waals surface area contributed by atoms with Gasteiger partial charge >= 0.3 is 0 Å². The first-order valence-electron chi connectivity index (χ1n) is 5.38. The fourth-order valence-electron chi connectivity index (χ4n) is 1.65. The summed E-state index contributed by atoms with van der Waals surface area (Å²) in [5.41, 5.74) is 1.33. The third-order valence-electron chi connectivity index (χ3n) is 2.77. The summed E-state index contributed by atoms with van der Waals surface area (Å²) < 4.78 is 26.4. The van der Waals surface area contributed by atoms with E-state index in [2.05, 4.69) is 0 Å². The van der Waals surface area contributed by atoms with Crippen molar-refractivity contribution in [1.29, 1.82) is 0 Å². The van der Waals surface area contributed by atoms with Crippen LogP contribution in [0.5, 0.6) is 0 Å². The van der Waals surface area contributed by atoms with Gasteiger partial charge in [-0.05, 0) is 41.8 Å². The standard InChI is InChI=1S/C14H11ClF2O/c1-8-2-3-10(7-13(8)17)14(18)9-4-5-12(16)11(15)6-9/h2-7,14,18H,1H3. The van der Waals surface area contributed by atoms with Crippen LogP contribution < -0.4 is 0 Å². The van der Waals surface area contributed by atoms with Gasteiger partial charge in [-0.1, -0.05) is 29.8 Å². The van der Waals surface area contributed by atoms with Crippen molar-refractivity contribution in [2.45, 2.75) is 13.0 Å². The second kappa shape index (κ2) is 5.04. The SMILES string of the molecule is Cc1ccc(C(O)c2ccc(F)c(Cl)c2)cc1F. The van der Waals surface area contributed by atoms with E-state index >= 15 is 0 Å². The first kappa shape index (κ1) is 13.0. The van der Waals surface area contributed by atoms with Crippen LogP contribution in [0.2, 0.25) is 5.02 Å². The smallest absolute Gasteiger partial charge is 0.141 e. The van der Waals surface area contributed by atoms with Crippen LogP contribution in [-0.2, 0) is 0 Å². The van der Waals surface area contributed by atoms with Gasteiger partial charge in [0.15, 0.2) is 0 Å². The molecule has 94 valence electrons. The van der Waals surface area contributed by atoms with Crippen LogP contribution in [0.3, 0.4) is 0 Å². The molecule has 0 fully saturated rings. The van der Waals surface area contributed by atoms with Gasteiger partial charge in [0.25, 0.3) is 0 Å². The largest absolute Gasteiger partial charge is 0.384 e. The molecule has 0 bridgehead atoms. The topological polar surface area (TPSA) is 20.2 Å². The van der Waals surface area contributed by atoms with E-state index in [1.165, 1.54) is 24.3 Å². The van der Waals surface area contributed by atoms with Crippen molar-refractivity contribution in [2.75, 3.05) is 0 Å². The van der Waals surface area contributed by atoms with E-state index in [1.807, 2.05) is 0 Å². The molecule has 0 radical (unpaired) electrons. The predicted molar refractivity (Wildman–Crippen MR) is 66.6 cm³/mol. The van der Waals surface area contributed by atoms with Crippen LogP contribution in [0, 0.1) is 18.6 Å². The quantitative estimate of drug-likeness (QED) is 0.873. The van der Waals surface area contributed by atoms with Gasteiger partial charge in [-0.25, -0.2) is 8.78 Å². The Kier molecular flexibility index (Phi) is 3.64. The highest BCUT2D eigenvalue weighted by Gasteiger charge is 2.13. The molecule has 0 aliphatic heterocycles. The van der Waals surface area contributed by atoms with Gasteiger partial charge < -0.3 is 5.11 Å². The van der Waals surface area contributed by atoms with Crippen LogP contribution in [0.4, 0.5) is 8.78 Å². The van der Waals surface area contributed by atoms with Gasteiger partial charge in [-0.3, -0.25) is 0 Å². The summed E-state index contributed by atoms with van der Waals surface area (Å²) in [6.45, 7) is 1.64. The summed E-state index contributed by atoms with van der Waals surface area (Å²) in [6.07, 6.45) is -1.03. The monoisotopic (exact) mass is 268 g/mol. The molecule has 2 aromatic rings. The van der Waals surface area contributed by atoms with Gasteiger partial charge in [0.05, 0.1) is 5.02 Å². The summed E-state index contributed by atoms with van der Waals surface area (Å²) in [4.78, 5) is 0. The number of benzene rings is 2. The molecule has 0 saturated carbocycles. The van der Waals surface area contributed by atoms with Crippen molar-refractivity contribution < 1.29 is 13.9 Å². The molecule has 0 heterocycles. The predicted octanol–water partition coefficient (Wildman–Crippen LogP) is 4.01. The van der Waals surface area contributed by atoms with E-state index in [4.69, 9.17) is 11.6 Å². The summed E-state index contributed by atoms with van der Waals surface area (Å²) in [7, 11) is 0. The van der Waals surface area contributed by atoms with Crippen molar-refractivity contribution in [3.63, 3.8) is 0 Å². The van der Waals surface area contributed by atoms with Gasteiger partial charge in [0, 0.05) is 0 Å². The Morgan fingerprint density at radius 2 is 1.61 bits per heavy atom. The fourth-order valence-corrected chi connectivity index (χ4v) is 1.84. The molecule has 2 aromatic carbocycles. The van der Waals surface area contributed by atoms with Gasteiger partial charge in [-0.15, -0.1) is 0 Å². The molecule has 1 N–H and O–H groups in total. The summed E-state index contributed by atoms with van der Waals surface area (Å²) in [5.74, 6) is -0.942. The number of hydrogen-bond donors (Lipinski definition) is 1. The van der Waals surface area contributed by atoms with Crippen LogP contribution in [0.15, 0.2) is 36.4 Å². The number of hydrogen-bond acceptors (Lipinski definition) is 1. The Labute approximate surface area is 109 Å². The average Bonchev–Trinajstić information content (AvgIpc) is 2.35. The van der Waals surface area contributed by atoms with Gasteiger partial charge in [0.2, 0.25) is 0 Å². The highest BCUT2D eigenvalue weighted by Crippen LogP contribution is 2.26. The number of aliphatic hydroxyl groups excluding tert-OH is 1. The zero-order chi connectivity index (χ0) is 13.3. The minimum atomic E-state index is -1.03. The molecule has 0 aliphatic rings. The summed E-state index contributed by atoms with van der Waals surface area (Å²) in [5, 5.41) is 10.0. The average molecular weight is 269 g/mol. The Balaban J connectivity index is 2.37. The molecule has 0 aromatic heterocycles. The third-order valence-corrected chi connectivity index (χ3v) is 3.06. The number of aliphatic hydroxyl groups is 1. The molecule has 1 atom stereocenters. The first-order chi connectivity index (χ1) is 8.49. The zero-order valence-electron chi connectivity index (χ0n) is 9.62. The van der Waals surface area contributed by atoms with E-state index < -0.39 is 11.9 Å². The second-order valence-corrected chi connectivity index (χ2v) is 4.49. The molecule has 18 heavy (non-hydrogen) atoms. The van der Waals surface area contributed by atoms with Crippen molar-refractivity contribution in [1.82, 2.24) is 0 Å². The molecule has 1 unspecified atom stereocenters. The maximum absolute atomic E-state index is 13.4. The first-order valence-corrected chi connectivity index (χ1v) is 5.76. The third kappa shape index (κ3) is 2.52. The summed E-state index contributed by atoms with van der Waals surface area (Å²) >= 11 is 5.64. The summed E-state index contributed by atoms with van der Waals surface area (Å²) in [6, 6.07) is 8.39. The van der Waals surface area contributed by atoms with Crippen molar-refractivity contribution in [3.05, 3.63) is 69.7 Å². The minimum absolute atomic E-state index is 0.0702. The van der Waals surface area contributed by atoms with Crippen LogP contribution in [-0.4, -0.2) is 5.11 Å². The van der Waals surface area contributed by atoms with Crippen molar-refractivity contribution in [3.8, 4) is 0 Å². The Morgan fingerprint density at radius 3 is 2.22 bits per heavy atom. The lowest BCUT2D eigenvalue weighted by atomic mass is 10.0. The molecule has 0 aliphatic carbocycles. The molecule has 0 spiro atoms. The van der Waals surface area contributed by atoms with E-state index in [-0.39, 0.29) is 10.8 Å². The Morgan fingerprint density at radius 1 is 1.00 bits per heavy atom. The normalized spacial score (nSPS) is 12.5. The molecular weight excluding hydrogens is 258 g/mol. The van der Waals surface area contributed by atoms with Crippen LogP contribution in [0.25, 0.3) is 0 Å². The Hall–Kier alpha value is -1.45. The van der Waals surface area contributed by atoms with Gasteiger partial charge in [0.1, 0.15) is 17.7 Å². The van der Waals surface area contributed by atoms with E-state index in [0.717, 1.165) is 0 Å². The lowest BCUT2D eigenvalue weighted by Crippen LogP contribution is -2.01. The number of rotatable bonds is 2. The Bertz CT molecular complexity index is 533. The second-order valence-electron chi connectivity index (χ2n) is 4.08. The van der Waals surface area contributed by atoms with Crippen molar-refractivity contribution in [2.24, 2.45) is 0 Å². The zero-order valence-corrected chi connectivity index (χ0v) is 10.4. The van der Waals surface area contributed by atoms with E-state index in [0.29, 0.717) is 16.7 Å². The van der Waals surface area contributed by atoms with E-state index in [9.17, 15) is 13.9 Å². The lowest BCUT2D eigenvalue weighted by molar-refractivity contribution is 0.219. The molecule has 4 heteroatoms. The van der Waals surface area contributed by atoms with Gasteiger partial charge in [-0.2, -0.15) is 0 Å². The highest BCUT2D eigenvalue weighted by atomic mass is 35.5. The molecule has 1 nitrogen and oxygen atoms in total. The van der Waals surface area contributed by atoms with Crippen LogP contribution >= 0.6 is 11.6 Å². The lowest BCUT2D eigenvalue weighted by Gasteiger charge is -2.12. The fraction of sp³-hybridized carbons (Fsp3) is 0.143. The molecule has 0 saturated heterocycles. The maximum atomic E-state index is 13.4. The van der Waals surface area contributed by atoms with Crippen molar-refractivity contribution >= 4 is 11.6 Å². The number of halogens is 3. The molecule has 2 rings (SSSR count). The van der Waals surface area contributed by atoms with E-state index in [1.54, 1.807) is 19.1 Å². The minimum Gasteiger partial charge on any atom is -0.384 e. The number of aryl methyl sites for hydroxylation is 1. The van der Waals surface area contributed by atoms with Crippen LogP contribution in [0.1, 0.15) is 22.8 Å². The molecule has 0 amide bonds. The highest BCUT2D eigenvalue weighted by molar-refractivity contribution is 6.30.